The van der Waals surface area contributed by atoms with Crippen LogP contribution in [0.5, 0.6) is 0 Å². The number of carbonyl (C=O) groups is 1. The van der Waals surface area contributed by atoms with Gasteiger partial charge in [0.2, 0.25) is 5.91 Å². The lowest BCUT2D eigenvalue weighted by molar-refractivity contribution is -0.123. The third-order valence-corrected chi connectivity index (χ3v) is 2.99. The molecule has 16 heavy (non-hydrogen) atoms. The number of hydrogen-bond donors (Lipinski definition) is 3. The Labute approximate surface area is 97.8 Å². The Hall–Kier alpha value is -0.610. The molecule has 4 nitrogen and oxygen atoms in total. The number of nitrogens with one attached hydrogen (secondary N) is 2. The fraction of sp³-hybridized carbons (Fsp3) is 0.917. The zero-order valence-corrected chi connectivity index (χ0v) is 10.5. The monoisotopic (exact) mass is 228 g/mol. The molecule has 1 fully saturated rings. The van der Waals surface area contributed by atoms with Crippen molar-refractivity contribution >= 4 is 5.91 Å². The summed E-state index contributed by atoms with van der Waals surface area (Å²) in [7, 11) is 0. The second kappa shape index (κ2) is 5.64. The van der Waals surface area contributed by atoms with Crippen LogP contribution in [-0.4, -0.2) is 36.2 Å². The van der Waals surface area contributed by atoms with E-state index < -0.39 is 0 Å². The number of carbonyl (C=O) groups excluding carboxylic acids is 1. The van der Waals surface area contributed by atoms with Gasteiger partial charge in [0.25, 0.3) is 0 Å². The van der Waals surface area contributed by atoms with E-state index in [1.807, 2.05) is 6.92 Å². The zero-order chi connectivity index (χ0) is 12.2. The van der Waals surface area contributed by atoms with E-state index in [0.29, 0.717) is 6.04 Å². The first-order valence-corrected chi connectivity index (χ1v) is 6.09. The third kappa shape index (κ3) is 4.94. The van der Waals surface area contributed by atoms with E-state index in [1.54, 1.807) is 0 Å². The van der Waals surface area contributed by atoms with E-state index in [9.17, 15) is 4.79 Å². The van der Waals surface area contributed by atoms with E-state index in [4.69, 9.17) is 5.11 Å². The summed E-state index contributed by atoms with van der Waals surface area (Å²) in [4.78, 5) is 11.6. The molecular weight excluding hydrogens is 204 g/mol. The van der Waals surface area contributed by atoms with Crippen molar-refractivity contribution in [3.05, 3.63) is 0 Å². The highest BCUT2D eigenvalue weighted by atomic mass is 16.3. The van der Waals surface area contributed by atoms with Crippen molar-refractivity contribution in [1.82, 2.24) is 10.6 Å². The minimum absolute atomic E-state index is 0.0306. The minimum atomic E-state index is -0.154. The molecule has 0 aromatic carbocycles. The van der Waals surface area contributed by atoms with Crippen LogP contribution < -0.4 is 10.6 Å². The summed E-state index contributed by atoms with van der Waals surface area (Å²) in [6.07, 6.45) is 2.99. The largest absolute Gasteiger partial charge is 0.396 e. The van der Waals surface area contributed by atoms with Crippen molar-refractivity contribution in [3.8, 4) is 0 Å². The van der Waals surface area contributed by atoms with Gasteiger partial charge in [0.05, 0.1) is 6.04 Å². The molecule has 0 radical (unpaired) electrons. The van der Waals surface area contributed by atoms with Gasteiger partial charge in [-0.3, -0.25) is 4.79 Å². The average Bonchev–Trinajstić information content (AvgIpc) is 2.98. The van der Waals surface area contributed by atoms with Crippen LogP contribution in [0.2, 0.25) is 0 Å². The summed E-state index contributed by atoms with van der Waals surface area (Å²) in [6.45, 7) is 6.99. The maximum absolute atomic E-state index is 11.6. The third-order valence-electron chi connectivity index (χ3n) is 2.99. The molecule has 1 rings (SSSR count). The Bertz CT molecular complexity index is 237. The summed E-state index contributed by atoms with van der Waals surface area (Å²) < 4.78 is 0. The lowest BCUT2D eigenvalue weighted by Gasteiger charge is -2.26. The summed E-state index contributed by atoms with van der Waals surface area (Å²) >= 11 is 0. The Morgan fingerprint density at radius 2 is 2.12 bits per heavy atom. The first-order valence-electron chi connectivity index (χ1n) is 6.09. The Balaban J connectivity index is 2.21. The van der Waals surface area contributed by atoms with E-state index in [0.717, 1.165) is 25.8 Å². The normalized spacial score (nSPS) is 18.2. The molecule has 0 aromatic heterocycles. The van der Waals surface area contributed by atoms with E-state index in [2.05, 4.69) is 24.5 Å². The van der Waals surface area contributed by atoms with Gasteiger partial charge in [-0.05, 0) is 31.6 Å². The number of aliphatic hydroxyl groups is 1. The van der Waals surface area contributed by atoms with Gasteiger partial charge in [-0.1, -0.05) is 13.8 Å². The summed E-state index contributed by atoms with van der Waals surface area (Å²) in [5.74, 6) is 0.0855. The van der Waals surface area contributed by atoms with Crippen LogP contribution >= 0.6 is 0 Å². The molecule has 1 aliphatic carbocycles. The molecule has 0 aliphatic heterocycles. The second-order valence-corrected chi connectivity index (χ2v) is 5.52. The predicted octanol–water partition coefficient (Wildman–Crippen LogP) is 0.652. The highest BCUT2D eigenvalue weighted by Gasteiger charge is 2.26. The van der Waals surface area contributed by atoms with Crippen LogP contribution in [0.4, 0.5) is 0 Å². The van der Waals surface area contributed by atoms with Crippen molar-refractivity contribution in [2.75, 3.05) is 13.2 Å². The van der Waals surface area contributed by atoms with Crippen molar-refractivity contribution in [2.45, 2.75) is 52.1 Å². The maximum Gasteiger partial charge on any atom is 0.237 e. The Kier molecular flexibility index (Phi) is 4.74. The first kappa shape index (κ1) is 13.5. The van der Waals surface area contributed by atoms with Gasteiger partial charge >= 0.3 is 0 Å². The molecule has 0 spiro atoms. The first-order chi connectivity index (χ1) is 7.44. The van der Waals surface area contributed by atoms with Gasteiger partial charge in [-0.2, -0.15) is 0 Å². The molecule has 4 heteroatoms. The van der Waals surface area contributed by atoms with Gasteiger partial charge < -0.3 is 15.7 Å². The van der Waals surface area contributed by atoms with Gasteiger partial charge in [0.1, 0.15) is 0 Å². The molecule has 3 N–H and O–H groups in total. The van der Waals surface area contributed by atoms with E-state index in [-0.39, 0.29) is 24.0 Å². The van der Waals surface area contributed by atoms with Gasteiger partial charge in [0, 0.05) is 19.2 Å². The standard InChI is InChI=1S/C12H24N2O2/c1-9(11(16)14-10-4-5-10)13-8-12(2,3)6-7-15/h9-10,13,15H,4-8H2,1-3H3,(H,14,16). The van der Waals surface area contributed by atoms with Crippen molar-refractivity contribution in [2.24, 2.45) is 5.41 Å². The number of hydrogen-bond acceptors (Lipinski definition) is 3. The van der Waals surface area contributed by atoms with Crippen LogP contribution in [0.25, 0.3) is 0 Å². The summed E-state index contributed by atoms with van der Waals surface area (Å²) in [5.41, 5.74) is 0.0306. The van der Waals surface area contributed by atoms with Gasteiger partial charge in [-0.25, -0.2) is 0 Å². The quantitative estimate of drug-likeness (QED) is 0.599. The number of amides is 1. The van der Waals surface area contributed by atoms with Crippen molar-refractivity contribution < 1.29 is 9.90 Å². The Morgan fingerprint density at radius 3 is 2.62 bits per heavy atom. The molecule has 0 bridgehead atoms. The van der Waals surface area contributed by atoms with Crippen LogP contribution in [0.3, 0.4) is 0 Å². The fourth-order valence-corrected chi connectivity index (χ4v) is 1.47. The predicted molar refractivity (Wildman–Crippen MR) is 64.1 cm³/mol. The molecule has 0 aromatic rings. The van der Waals surface area contributed by atoms with Crippen LogP contribution in [0.15, 0.2) is 0 Å². The molecule has 1 atom stereocenters. The maximum atomic E-state index is 11.6. The van der Waals surface area contributed by atoms with Gasteiger partial charge in [0.15, 0.2) is 0 Å². The smallest absolute Gasteiger partial charge is 0.237 e. The Morgan fingerprint density at radius 1 is 1.50 bits per heavy atom. The molecular formula is C12H24N2O2. The van der Waals surface area contributed by atoms with Crippen LogP contribution in [-0.2, 0) is 4.79 Å². The highest BCUT2D eigenvalue weighted by molar-refractivity contribution is 5.81. The van der Waals surface area contributed by atoms with E-state index >= 15 is 0 Å². The zero-order valence-electron chi connectivity index (χ0n) is 10.5. The molecule has 1 amide bonds. The van der Waals surface area contributed by atoms with Crippen LogP contribution in [0, 0.1) is 5.41 Å². The molecule has 1 saturated carbocycles. The minimum Gasteiger partial charge on any atom is -0.396 e. The lowest BCUT2D eigenvalue weighted by atomic mass is 9.89. The lowest BCUT2D eigenvalue weighted by Crippen LogP contribution is -2.46. The summed E-state index contributed by atoms with van der Waals surface area (Å²) in [6, 6.07) is 0.265. The average molecular weight is 228 g/mol. The molecule has 94 valence electrons. The van der Waals surface area contributed by atoms with E-state index in [1.165, 1.54) is 0 Å². The second-order valence-electron chi connectivity index (χ2n) is 5.52. The fourth-order valence-electron chi connectivity index (χ4n) is 1.47. The van der Waals surface area contributed by atoms with Crippen molar-refractivity contribution in [1.29, 1.82) is 0 Å². The van der Waals surface area contributed by atoms with Gasteiger partial charge in [-0.15, -0.1) is 0 Å². The van der Waals surface area contributed by atoms with Crippen LogP contribution in [0.1, 0.15) is 40.0 Å². The topological polar surface area (TPSA) is 61.4 Å². The number of rotatable bonds is 7. The SMILES string of the molecule is CC(NCC(C)(C)CCO)C(=O)NC1CC1. The molecule has 0 saturated heterocycles. The highest BCUT2D eigenvalue weighted by Crippen LogP contribution is 2.19. The number of aliphatic hydroxyl groups excluding tert-OH is 1. The molecule has 1 aliphatic rings. The summed E-state index contributed by atoms with van der Waals surface area (Å²) in [5, 5.41) is 15.1. The molecule has 0 heterocycles. The van der Waals surface area contributed by atoms with Crippen molar-refractivity contribution in [3.63, 3.8) is 0 Å². The molecule has 1 unspecified atom stereocenters.